The molecule has 1 saturated carbocycles. The van der Waals surface area contributed by atoms with Crippen LogP contribution < -0.4 is 9.64 Å². The van der Waals surface area contributed by atoms with E-state index in [0.29, 0.717) is 0 Å². The van der Waals surface area contributed by atoms with Gasteiger partial charge in [-0.2, -0.15) is 0 Å². The fraction of sp³-hybridized carbons (Fsp3) is 0.314. The van der Waals surface area contributed by atoms with Gasteiger partial charge in [-0.05, 0) is 84.5 Å². The maximum atomic E-state index is 13.1. The Bertz CT molecular complexity index is 1740. The predicted molar refractivity (Wildman–Crippen MR) is 180 cm³/mol. The molecule has 2 aliphatic heterocycles. The summed E-state index contributed by atoms with van der Waals surface area (Å²) >= 11 is 6.23. The summed E-state index contributed by atoms with van der Waals surface area (Å²) in [6.45, 7) is 4.80. The summed E-state index contributed by atoms with van der Waals surface area (Å²) in [5, 5.41) is 18.7. The summed E-state index contributed by atoms with van der Waals surface area (Å²) < 4.78 is 5.45. The monoisotopic (exact) mass is 642 g/mol. The standard InChI is InChI=1S/C35H34N2O6S2/c1-34-16-4-5-17-35(34,2)37(24-11-13-25(43-3)14-12-24)27-15-10-23(19-26(27)34)22-8-6-21(7-9-22)18-29-31(40)36(33(44)45-29)28(32(41)42)20-30(38)39/h6-15,18-19,28H,4-5,16-17,20H2,1-3H3,(H,38,39)(H,41,42)/b29-18-. The summed E-state index contributed by atoms with van der Waals surface area (Å²) in [5.74, 6) is -2.50. The highest BCUT2D eigenvalue weighted by molar-refractivity contribution is 8.26. The van der Waals surface area contributed by atoms with Gasteiger partial charge < -0.3 is 19.8 Å². The second-order valence-electron chi connectivity index (χ2n) is 12.2. The number of hydrogen-bond acceptors (Lipinski definition) is 7. The number of carbonyl (C=O) groups excluding carboxylic acids is 1. The van der Waals surface area contributed by atoms with E-state index >= 15 is 0 Å². The molecule has 0 spiro atoms. The van der Waals surface area contributed by atoms with Crippen LogP contribution in [0.2, 0.25) is 0 Å². The number of amides is 1. The Morgan fingerprint density at radius 3 is 2.31 bits per heavy atom. The van der Waals surface area contributed by atoms with Gasteiger partial charge in [0.25, 0.3) is 5.91 Å². The van der Waals surface area contributed by atoms with Crippen molar-refractivity contribution < 1.29 is 29.3 Å². The number of ether oxygens (including phenoxy) is 1. The van der Waals surface area contributed by atoms with Crippen molar-refractivity contribution in [1.82, 2.24) is 4.90 Å². The number of hydrogen-bond donors (Lipinski definition) is 2. The number of nitrogens with zero attached hydrogens (tertiary/aromatic N) is 2. The van der Waals surface area contributed by atoms with E-state index in [-0.39, 0.29) is 20.2 Å². The molecule has 3 atom stereocenters. The second kappa shape index (κ2) is 11.7. The fourth-order valence-corrected chi connectivity index (χ4v) is 8.53. The van der Waals surface area contributed by atoms with Crippen molar-refractivity contribution in [2.24, 2.45) is 0 Å². The summed E-state index contributed by atoms with van der Waals surface area (Å²) in [6, 6.07) is 21.3. The Hall–Kier alpha value is -4.15. The molecule has 0 radical (unpaired) electrons. The lowest BCUT2D eigenvalue weighted by atomic mass is 9.61. The zero-order valence-corrected chi connectivity index (χ0v) is 26.9. The van der Waals surface area contributed by atoms with Crippen LogP contribution in [0.3, 0.4) is 0 Å². The highest BCUT2D eigenvalue weighted by Crippen LogP contribution is 2.61. The molecular weight excluding hydrogens is 609 g/mol. The van der Waals surface area contributed by atoms with Gasteiger partial charge in [0.1, 0.15) is 16.1 Å². The molecule has 3 aliphatic rings. The molecule has 1 saturated heterocycles. The Kier molecular flexibility index (Phi) is 7.99. The Labute approximate surface area is 271 Å². The van der Waals surface area contributed by atoms with Crippen molar-refractivity contribution in [2.45, 2.75) is 62.9 Å². The van der Waals surface area contributed by atoms with E-state index < -0.39 is 30.3 Å². The number of methoxy groups -OCH3 is 1. The van der Waals surface area contributed by atoms with Crippen molar-refractivity contribution in [1.29, 1.82) is 0 Å². The van der Waals surface area contributed by atoms with E-state index in [2.05, 4.69) is 49.1 Å². The van der Waals surface area contributed by atoms with E-state index in [1.807, 2.05) is 36.4 Å². The minimum absolute atomic E-state index is 0.0281. The molecule has 2 fully saturated rings. The summed E-state index contributed by atoms with van der Waals surface area (Å²) in [4.78, 5) is 39.6. The molecule has 2 N–H and O–H groups in total. The van der Waals surface area contributed by atoms with Crippen LogP contribution in [0, 0.1) is 0 Å². The Morgan fingerprint density at radius 1 is 1.00 bits per heavy atom. The maximum Gasteiger partial charge on any atom is 0.327 e. The average molecular weight is 643 g/mol. The van der Waals surface area contributed by atoms with Crippen molar-refractivity contribution in [3.05, 3.63) is 82.8 Å². The number of anilines is 2. The normalized spacial score (nSPS) is 24.0. The summed E-state index contributed by atoms with van der Waals surface area (Å²) in [7, 11) is 1.68. The Balaban J connectivity index is 1.30. The van der Waals surface area contributed by atoms with Crippen molar-refractivity contribution in [3.63, 3.8) is 0 Å². The Morgan fingerprint density at radius 2 is 1.67 bits per heavy atom. The highest BCUT2D eigenvalue weighted by atomic mass is 32.2. The van der Waals surface area contributed by atoms with Crippen LogP contribution in [0.4, 0.5) is 11.4 Å². The predicted octanol–water partition coefficient (Wildman–Crippen LogP) is 7.23. The molecule has 1 amide bonds. The number of carboxylic acid groups (broad SMARTS) is 2. The molecular formula is C35H34N2O6S2. The van der Waals surface area contributed by atoms with Gasteiger partial charge in [0.05, 0.1) is 24.0 Å². The fourth-order valence-electron chi connectivity index (χ4n) is 7.18. The number of carboxylic acids is 2. The molecule has 6 rings (SSSR count). The van der Waals surface area contributed by atoms with Crippen molar-refractivity contribution in [3.8, 4) is 16.9 Å². The molecule has 45 heavy (non-hydrogen) atoms. The number of thiocarbonyl (C=S) groups is 1. The maximum absolute atomic E-state index is 13.1. The first-order valence-corrected chi connectivity index (χ1v) is 16.1. The highest BCUT2D eigenvalue weighted by Gasteiger charge is 2.57. The first-order valence-electron chi connectivity index (χ1n) is 14.9. The van der Waals surface area contributed by atoms with Crippen LogP contribution >= 0.6 is 24.0 Å². The minimum atomic E-state index is -1.56. The van der Waals surface area contributed by atoms with E-state index in [4.69, 9.17) is 22.1 Å². The second-order valence-corrected chi connectivity index (χ2v) is 13.9. The number of fused-ring (bicyclic) bond motifs is 3. The number of rotatable bonds is 8. The summed E-state index contributed by atoms with van der Waals surface area (Å²) in [6.07, 6.45) is 5.52. The van der Waals surface area contributed by atoms with Crippen molar-refractivity contribution >= 4 is 63.6 Å². The van der Waals surface area contributed by atoms with E-state index in [0.717, 1.165) is 57.6 Å². The number of aliphatic carboxylic acids is 2. The van der Waals surface area contributed by atoms with Crippen molar-refractivity contribution in [2.75, 3.05) is 12.0 Å². The van der Waals surface area contributed by atoms with Crippen LogP contribution in [-0.4, -0.2) is 56.0 Å². The first-order chi connectivity index (χ1) is 21.5. The lowest BCUT2D eigenvalue weighted by molar-refractivity contribution is -0.150. The molecule has 8 nitrogen and oxygen atoms in total. The van der Waals surface area contributed by atoms with Gasteiger partial charge in [-0.3, -0.25) is 14.5 Å². The first kappa shape index (κ1) is 30.9. The van der Waals surface area contributed by atoms with E-state index in [1.54, 1.807) is 13.2 Å². The molecule has 3 unspecified atom stereocenters. The van der Waals surface area contributed by atoms with E-state index in [9.17, 15) is 19.5 Å². The van der Waals surface area contributed by atoms with Gasteiger partial charge >= 0.3 is 11.9 Å². The molecule has 1 aliphatic carbocycles. The van der Waals surface area contributed by atoms with E-state index in [1.165, 1.54) is 24.1 Å². The van der Waals surface area contributed by atoms with Crippen LogP contribution in [0.15, 0.2) is 71.6 Å². The van der Waals surface area contributed by atoms with Gasteiger partial charge in [0.2, 0.25) is 0 Å². The third-order valence-corrected chi connectivity index (χ3v) is 11.1. The van der Waals surface area contributed by atoms with Gasteiger partial charge in [-0.25, -0.2) is 4.79 Å². The van der Waals surface area contributed by atoms with Crippen LogP contribution in [0.5, 0.6) is 5.75 Å². The SMILES string of the molecule is COc1ccc(N2c3ccc(-c4ccc(/C=C5\SC(=S)N(C(CC(=O)O)C(=O)O)C5=O)cc4)cc3C3(C)CCCCC23C)cc1. The summed E-state index contributed by atoms with van der Waals surface area (Å²) in [5.41, 5.74) is 6.54. The number of thioether (sulfide) groups is 1. The zero-order chi connectivity index (χ0) is 32.1. The largest absolute Gasteiger partial charge is 0.497 e. The molecule has 2 heterocycles. The lowest BCUT2D eigenvalue weighted by Crippen LogP contribution is -2.54. The molecule has 10 heteroatoms. The zero-order valence-electron chi connectivity index (χ0n) is 25.3. The molecule has 0 aromatic heterocycles. The van der Waals surface area contributed by atoms with Crippen LogP contribution in [-0.2, 0) is 19.8 Å². The molecule has 3 aromatic rings. The quantitative estimate of drug-likeness (QED) is 0.194. The topological polar surface area (TPSA) is 107 Å². The smallest absolute Gasteiger partial charge is 0.327 e. The van der Waals surface area contributed by atoms with Crippen LogP contribution in [0.25, 0.3) is 17.2 Å². The average Bonchev–Trinajstić information content (AvgIpc) is 3.41. The molecule has 3 aromatic carbocycles. The van der Waals surface area contributed by atoms with Gasteiger partial charge in [-0.1, -0.05) is 74.1 Å². The number of carbonyl (C=O) groups is 3. The lowest BCUT2D eigenvalue weighted by Gasteiger charge is -2.50. The molecule has 232 valence electrons. The third kappa shape index (κ3) is 5.19. The van der Waals surface area contributed by atoms with Crippen LogP contribution in [0.1, 0.15) is 57.1 Å². The van der Waals surface area contributed by atoms with Gasteiger partial charge in [0.15, 0.2) is 0 Å². The van der Waals surface area contributed by atoms with Gasteiger partial charge in [-0.15, -0.1) is 0 Å². The molecule has 0 bridgehead atoms. The minimum Gasteiger partial charge on any atom is -0.497 e. The third-order valence-electron chi connectivity index (χ3n) is 9.77. The van der Waals surface area contributed by atoms with Gasteiger partial charge in [0, 0.05) is 16.8 Å². The number of benzene rings is 3.